The number of rotatable bonds is 11. The third-order valence-electron chi connectivity index (χ3n) is 5.87. The third-order valence-corrected chi connectivity index (χ3v) is 5.87. The van der Waals surface area contributed by atoms with Gasteiger partial charge in [-0.3, -0.25) is 9.59 Å². The van der Waals surface area contributed by atoms with Gasteiger partial charge >= 0.3 is 0 Å². The number of nitrogens with one attached hydrogen (secondary N) is 1. The summed E-state index contributed by atoms with van der Waals surface area (Å²) < 4.78 is 0. The Morgan fingerprint density at radius 2 is 1.53 bits per heavy atom. The van der Waals surface area contributed by atoms with Crippen molar-refractivity contribution < 1.29 is 9.59 Å². The van der Waals surface area contributed by atoms with Gasteiger partial charge in [-0.2, -0.15) is 0 Å². The Morgan fingerprint density at radius 3 is 2.09 bits per heavy atom. The molecule has 0 bridgehead atoms. The van der Waals surface area contributed by atoms with Crippen molar-refractivity contribution in [1.29, 1.82) is 0 Å². The minimum absolute atomic E-state index is 0.0410. The molecule has 0 aliphatic heterocycles. The van der Waals surface area contributed by atoms with Crippen LogP contribution in [-0.2, 0) is 27.8 Å². The second-order valence-electron chi connectivity index (χ2n) is 9.48. The number of carbonyl (C=O) groups excluding carboxylic acids is 2. The van der Waals surface area contributed by atoms with Gasteiger partial charge in [0.2, 0.25) is 11.8 Å². The lowest BCUT2D eigenvalue weighted by Gasteiger charge is -2.30. The quantitative estimate of drug-likeness (QED) is 0.520. The zero-order valence-electron chi connectivity index (χ0n) is 20.5. The Balaban J connectivity index is 2.10. The first-order chi connectivity index (χ1) is 15.3. The van der Waals surface area contributed by atoms with Gasteiger partial charge in [-0.25, -0.2) is 0 Å². The van der Waals surface area contributed by atoms with Crippen LogP contribution in [0.2, 0.25) is 0 Å². The van der Waals surface area contributed by atoms with E-state index < -0.39 is 6.04 Å². The number of amides is 2. The molecule has 0 fully saturated rings. The first kappa shape index (κ1) is 25.6. The van der Waals surface area contributed by atoms with Gasteiger partial charge in [-0.15, -0.1) is 0 Å². The van der Waals surface area contributed by atoms with Crippen molar-refractivity contribution in [3.8, 4) is 0 Å². The summed E-state index contributed by atoms with van der Waals surface area (Å²) in [6.45, 7) is 11.8. The summed E-state index contributed by atoms with van der Waals surface area (Å²) in [4.78, 5) is 27.9. The van der Waals surface area contributed by atoms with Crippen molar-refractivity contribution in [2.75, 3.05) is 13.1 Å². The van der Waals surface area contributed by atoms with Crippen LogP contribution in [0.1, 0.15) is 70.6 Å². The molecule has 0 aliphatic rings. The number of hydrogen-bond donors (Lipinski definition) is 1. The highest BCUT2D eigenvalue weighted by atomic mass is 16.2. The molecule has 0 saturated heterocycles. The minimum Gasteiger partial charge on any atom is -0.354 e. The fourth-order valence-electron chi connectivity index (χ4n) is 3.83. The Morgan fingerprint density at radius 1 is 0.906 bits per heavy atom. The van der Waals surface area contributed by atoms with Crippen LogP contribution in [-0.4, -0.2) is 35.8 Å². The fraction of sp³-hybridized carbons (Fsp3) is 0.500. The molecule has 4 nitrogen and oxygen atoms in total. The molecule has 1 N–H and O–H groups in total. The Labute approximate surface area is 194 Å². The van der Waals surface area contributed by atoms with E-state index in [0.29, 0.717) is 32.4 Å². The molecular weight excluding hydrogens is 396 g/mol. The van der Waals surface area contributed by atoms with Crippen molar-refractivity contribution in [2.45, 2.75) is 78.2 Å². The van der Waals surface area contributed by atoms with E-state index >= 15 is 0 Å². The van der Waals surface area contributed by atoms with Crippen LogP contribution in [0.3, 0.4) is 0 Å². The standard InChI is InChI=1S/C28H40N2O2/c1-6-20-29-27(32)25(7-2)30(21-19-22-11-9-8-10-12-22)26(31)18-15-23-13-16-24(17-14-23)28(3,4)5/h8-14,16-17,25H,6-7,15,18-21H2,1-5H3,(H,29,32)/t25-/m0/s1. The van der Waals surface area contributed by atoms with Gasteiger partial charge in [0.05, 0.1) is 0 Å². The van der Waals surface area contributed by atoms with Crippen molar-refractivity contribution in [2.24, 2.45) is 0 Å². The van der Waals surface area contributed by atoms with Crippen molar-refractivity contribution in [3.63, 3.8) is 0 Å². The molecule has 0 saturated carbocycles. The number of carbonyl (C=O) groups is 2. The van der Waals surface area contributed by atoms with Gasteiger partial charge in [-0.1, -0.05) is 89.2 Å². The van der Waals surface area contributed by atoms with Gasteiger partial charge < -0.3 is 10.2 Å². The summed E-state index contributed by atoms with van der Waals surface area (Å²) in [7, 11) is 0. The molecule has 174 valence electrons. The van der Waals surface area contributed by atoms with Gasteiger partial charge in [-0.05, 0) is 47.8 Å². The van der Waals surface area contributed by atoms with Crippen molar-refractivity contribution in [3.05, 3.63) is 71.3 Å². The summed E-state index contributed by atoms with van der Waals surface area (Å²) in [5.74, 6) is -0.00961. The zero-order chi connectivity index (χ0) is 23.6. The van der Waals surface area contributed by atoms with Crippen molar-refractivity contribution in [1.82, 2.24) is 10.2 Å². The van der Waals surface area contributed by atoms with Crippen LogP contribution >= 0.6 is 0 Å². The molecule has 32 heavy (non-hydrogen) atoms. The van der Waals surface area contributed by atoms with Crippen LogP contribution < -0.4 is 5.32 Å². The topological polar surface area (TPSA) is 49.4 Å². The SMILES string of the molecule is CCCNC(=O)[C@H](CC)N(CCc1ccccc1)C(=O)CCc1ccc(C(C)(C)C)cc1. The van der Waals surface area contributed by atoms with Gasteiger partial charge in [0.1, 0.15) is 6.04 Å². The van der Waals surface area contributed by atoms with Crippen LogP contribution in [0.15, 0.2) is 54.6 Å². The normalized spacial score (nSPS) is 12.3. The highest BCUT2D eigenvalue weighted by Gasteiger charge is 2.27. The Kier molecular flexibility index (Phi) is 9.96. The van der Waals surface area contributed by atoms with E-state index in [1.165, 1.54) is 11.1 Å². The van der Waals surface area contributed by atoms with Crippen molar-refractivity contribution >= 4 is 11.8 Å². The van der Waals surface area contributed by atoms with Crippen LogP contribution in [0, 0.1) is 0 Å². The van der Waals surface area contributed by atoms with E-state index in [2.05, 4.69) is 62.5 Å². The van der Waals surface area contributed by atoms with Crippen LogP contribution in [0.5, 0.6) is 0 Å². The highest BCUT2D eigenvalue weighted by molar-refractivity contribution is 5.87. The second-order valence-corrected chi connectivity index (χ2v) is 9.48. The lowest BCUT2D eigenvalue weighted by Crippen LogP contribution is -2.50. The third kappa shape index (κ3) is 7.81. The largest absolute Gasteiger partial charge is 0.354 e. The van der Waals surface area contributed by atoms with E-state index in [1.54, 1.807) is 4.90 Å². The minimum atomic E-state index is -0.430. The van der Waals surface area contributed by atoms with E-state index in [-0.39, 0.29) is 17.2 Å². The molecule has 0 unspecified atom stereocenters. The Bertz CT molecular complexity index is 838. The highest BCUT2D eigenvalue weighted by Crippen LogP contribution is 2.22. The van der Waals surface area contributed by atoms with Gasteiger partial charge in [0, 0.05) is 19.5 Å². The van der Waals surface area contributed by atoms with E-state index in [0.717, 1.165) is 18.4 Å². The first-order valence-electron chi connectivity index (χ1n) is 12.0. The zero-order valence-corrected chi connectivity index (χ0v) is 20.5. The molecule has 0 aromatic heterocycles. The molecule has 0 aliphatic carbocycles. The molecule has 0 spiro atoms. The number of nitrogens with zero attached hydrogens (tertiary/aromatic N) is 1. The predicted molar refractivity (Wildman–Crippen MR) is 133 cm³/mol. The first-order valence-corrected chi connectivity index (χ1v) is 12.0. The molecule has 0 radical (unpaired) electrons. The molecule has 4 heteroatoms. The lowest BCUT2D eigenvalue weighted by atomic mass is 9.86. The summed E-state index contributed by atoms with van der Waals surface area (Å²) in [6, 6.07) is 18.3. The molecular formula is C28H40N2O2. The number of benzene rings is 2. The average Bonchev–Trinajstić information content (AvgIpc) is 2.79. The smallest absolute Gasteiger partial charge is 0.242 e. The van der Waals surface area contributed by atoms with E-state index in [4.69, 9.17) is 0 Å². The van der Waals surface area contributed by atoms with Gasteiger partial charge in [0.25, 0.3) is 0 Å². The van der Waals surface area contributed by atoms with Gasteiger partial charge in [0.15, 0.2) is 0 Å². The predicted octanol–water partition coefficient (Wildman–Crippen LogP) is 5.29. The maximum Gasteiger partial charge on any atom is 0.242 e. The number of aryl methyl sites for hydroxylation is 1. The molecule has 2 rings (SSSR count). The van der Waals surface area contributed by atoms with Crippen LogP contribution in [0.4, 0.5) is 0 Å². The van der Waals surface area contributed by atoms with E-state index in [9.17, 15) is 9.59 Å². The summed E-state index contributed by atoms with van der Waals surface area (Å²) in [5, 5.41) is 2.98. The Hall–Kier alpha value is -2.62. The van der Waals surface area contributed by atoms with E-state index in [1.807, 2.05) is 32.0 Å². The molecule has 2 aromatic carbocycles. The summed E-state index contributed by atoms with van der Waals surface area (Å²) in [6.07, 6.45) is 3.31. The number of hydrogen-bond acceptors (Lipinski definition) is 2. The fourth-order valence-corrected chi connectivity index (χ4v) is 3.83. The molecule has 2 amide bonds. The lowest BCUT2D eigenvalue weighted by molar-refractivity contribution is -0.140. The monoisotopic (exact) mass is 436 g/mol. The second kappa shape index (κ2) is 12.4. The summed E-state index contributed by atoms with van der Waals surface area (Å²) in [5.41, 5.74) is 3.73. The maximum atomic E-state index is 13.3. The average molecular weight is 437 g/mol. The summed E-state index contributed by atoms with van der Waals surface area (Å²) >= 11 is 0. The molecule has 0 heterocycles. The molecule has 1 atom stereocenters. The molecule has 2 aromatic rings. The van der Waals surface area contributed by atoms with Crippen LogP contribution in [0.25, 0.3) is 0 Å². The maximum absolute atomic E-state index is 13.3.